The Morgan fingerprint density at radius 3 is 2.50 bits per heavy atom. The maximum absolute atomic E-state index is 5.75. The van der Waals surface area contributed by atoms with Gasteiger partial charge in [0.25, 0.3) is 0 Å². The summed E-state index contributed by atoms with van der Waals surface area (Å²) in [4.78, 5) is 0. The molecule has 0 unspecified atom stereocenters. The minimum atomic E-state index is 0.128. The van der Waals surface area contributed by atoms with Gasteiger partial charge in [-0.1, -0.05) is 30.3 Å². The van der Waals surface area contributed by atoms with E-state index in [1.54, 1.807) is 0 Å². The molecule has 22 heavy (non-hydrogen) atoms. The van der Waals surface area contributed by atoms with Crippen molar-refractivity contribution in [1.29, 1.82) is 0 Å². The number of anilines is 1. The molecule has 0 aliphatic heterocycles. The summed E-state index contributed by atoms with van der Waals surface area (Å²) in [6, 6.07) is 17.6. The summed E-state index contributed by atoms with van der Waals surface area (Å²) in [5, 5.41) is 6.55. The summed E-state index contributed by atoms with van der Waals surface area (Å²) in [5.74, 6) is 0.828. The molecule has 2 aromatic rings. The van der Waals surface area contributed by atoms with Crippen molar-refractivity contribution in [2.45, 2.75) is 20.0 Å². The van der Waals surface area contributed by atoms with Crippen molar-refractivity contribution in [3.63, 3.8) is 0 Å². The van der Waals surface area contributed by atoms with Gasteiger partial charge in [0.1, 0.15) is 5.75 Å². The van der Waals surface area contributed by atoms with Gasteiger partial charge in [0.15, 0.2) is 0 Å². The highest BCUT2D eigenvalue weighted by molar-refractivity contribution is 7.80. The van der Waals surface area contributed by atoms with E-state index in [4.69, 9.17) is 17.0 Å². The van der Waals surface area contributed by atoms with Crippen LogP contribution in [0, 0.1) is 0 Å². The normalized spacial score (nSPS) is 10.7. The minimum Gasteiger partial charge on any atom is -0.490 e. The Kier molecular flexibility index (Phi) is 5.91. The van der Waals surface area contributed by atoms with Crippen molar-refractivity contribution in [2.75, 3.05) is 5.32 Å². The van der Waals surface area contributed by atoms with Crippen LogP contribution in [0.3, 0.4) is 0 Å². The molecule has 2 rings (SSSR count). The highest BCUT2D eigenvalue weighted by Gasteiger charge is 2.05. The Balaban J connectivity index is 1.93. The Hall–Kier alpha value is -2.40. The van der Waals surface area contributed by atoms with E-state index in [9.17, 15) is 0 Å². The first-order chi connectivity index (χ1) is 10.6. The molecule has 114 valence electrons. The molecule has 0 saturated heterocycles. The van der Waals surface area contributed by atoms with Crippen LogP contribution in [0.1, 0.15) is 19.4 Å². The molecule has 0 aliphatic rings. The summed E-state index contributed by atoms with van der Waals surface area (Å²) in [5.41, 5.74) is 4.81. The third kappa shape index (κ3) is 5.18. The fraction of sp³-hybridized carbons (Fsp3) is 0.176. The van der Waals surface area contributed by atoms with E-state index in [0.29, 0.717) is 5.11 Å². The molecule has 0 bridgehead atoms. The lowest BCUT2D eigenvalue weighted by Gasteiger charge is -2.10. The number of hydrogen-bond donors (Lipinski definition) is 3. The van der Waals surface area contributed by atoms with E-state index in [0.717, 1.165) is 17.0 Å². The third-order valence-corrected chi connectivity index (χ3v) is 2.93. The third-order valence-electron chi connectivity index (χ3n) is 2.73. The zero-order valence-electron chi connectivity index (χ0n) is 12.7. The summed E-state index contributed by atoms with van der Waals surface area (Å²) < 4.78 is 5.75. The van der Waals surface area contributed by atoms with Crippen LogP contribution >= 0.6 is 12.2 Å². The zero-order valence-corrected chi connectivity index (χ0v) is 13.5. The Bertz CT molecular complexity index is 641. The second-order valence-electron chi connectivity index (χ2n) is 4.94. The van der Waals surface area contributed by atoms with Crippen molar-refractivity contribution in [3.8, 4) is 5.75 Å². The number of hydrazone groups is 1. The second kappa shape index (κ2) is 8.14. The second-order valence-corrected chi connectivity index (χ2v) is 5.35. The maximum Gasteiger partial charge on any atom is 0.228 e. The van der Waals surface area contributed by atoms with Gasteiger partial charge in [-0.25, -0.2) is 0 Å². The predicted octanol–water partition coefficient (Wildman–Crippen LogP) is 1.87. The minimum absolute atomic E-state index is 0.128. The highest BCUT2D eigenvalue weighted by atomic mass is 32.1. The van der Waals surface area contributed by atoms with Gasteiger partial charge in [-0.15, -0.1) is 10.5 Å². The number of para-hydroxylation sites is 2. The monoisotopic (exact) mass is 314 g/mol. The number of nitrogens with one attached hydrogen (secondary N) is 3. The first kappa shape index (κ1) is 16.0. The Morgan fingerprint density at radius 1 is 1.09 bits per heavy atom. The molecule has 0 amide bonds. The molecular formula is C17H20N3OS+. The van der Waals surface area contributed by atoms with Crippen LogP contribution in [0.4, 0.5) is 5.69 Å². The quantitative estimate of drug-likeness (QED) is 0.448. The smallest absolute Gasteiger partial charge is 0.228 e. The molecule has 0 heterocycles. The van der Waals surface area contributed by atoms with E-state index >= 15 is 0 Å². The van der Waals surface area contributed by atoms with E-state index in [2.05, 4.69) is 15.8 Å². The number of thiocarbonyl (C=S) groups is 1. The molecule has 0 atom stereocenters. The average molecular weight is 314 g/mol. The molecule has 0 spiro atoms. The molecule has 5 heteroatoms. The van der Waals surface area contributed by atoms with Crippen molar-refractivity contribution in [2.24, 2.45) is 0 Å². The molecular weight excluding hydrogens is 294 g/mol. The summed E-state index contributed by atoms with van der Waals surface area (Å²) in [6.07, 6.45) is 1.94. The summed E-state index contributed by atoms with van der Waals surface area (Å²) >= 11 is 5.22. The lowest BCUT2D eigenvalue weighted by Crippen LogP contribution is -2.82. The Labute approximate surface area is 136 Å². The zero-order chi connectivity index (χ0) is 15.8. The number of hydrazine groups is 1. The maximum atomic E-state index is 5.75. The fourth-order valence-electron chi connectivity index (χ4n) is 1.82. The van der Waals surface area contributed by atoms with Crippen molar-refractivity contribution in [3.05, 3.63) is 60.2 Å². The van der Waals surface area contributed by atoms with Crippen LogP contribution in [-0.2, 0) is 0 Å². The topological polar surface area (TPSA) is 47.3 Å². The van der Waals surface area contributed by atoms with Crippen LogP contribution in [0.2, 0.25) is 0 Å². The van der Waals surface area contributed by atoms with Gasteiger partial charge in [0, 0.05) is 5.69 Å². The number of benzene rings is 2. The fourth-order valence-corrected chi connectivity index (χ4v) is 2.00. The number of rotatable bonds is 5. The van der Waals surface area contributed by atoms with Crippen molar-refractivity contribution in [1.82, 2.24) is 5.43 Å². The summed E-state index contributed by atoms with van der Waals surface area (Å²) in [6.45, 7) is 4.00. The van der Waals surface area contributed by atoms with Gasteiger partial charge in [-0.05, 0) is 50.3 Å². The van der Waals surface area contributed by atoms with Crippen molar-refractivity contribution < 1.29 is 9.84 Å². The van der Waals surface area contributed by atoms with Crippen LogP contribution in [0.25, 0.3) is 0 Å². The van der Waals surface area contributed by atoms with Crippen LogP contribution in [-0.4, -0.2) is 17.4 Å². The molecule has 4 nitrogen and oxygen atoms in total. The van der Waals surface area contributed by atoms with E-state index < -0.39 is 0 Å². The first-order valence-corrected chi connectivity index (χ1v) is 7.52. The summed E-state index contributed by atoms with van der Waals surface area (Å²) in [7, 11) is 0. The molecule has 2 aromatic carbocycles. The van der Waals surface area contributed by atoms with Gasteiger partial charge in [-0.3, -0.25) is 0 Å². The van der Waals surface area contributed by atoms with Crippen LogP contribution < -0.4 is 20.6 Å². The molecule has 0 aliphatic carbocycles. The van der Waals surface area contributed by atoms with Gasteiger partial charge in [0.2, 0.25) is 11.3 Å². The molecule has 0 radical (unpaired) electrons. The largest absolute Gasteiger partial charge is 0.490 e. The average Bonchev–Trinajstić information content (AvgIpc) is 2.49. The van der Waals surface area contributed by atoms with E-state index in [1.165, 1.54) is 0 Å². The van der Waals surface area contributed by atoms with Crippen LogP contribution in [0.15, 0.2) is 54.6 Å². The molecule has 3 N–H and O–H groups in total. The molecule has 0 saturated carbocycles. The first-order valence-electron chi connectivity index (χ1n) is 7.11. The van der Waals surface area contributed by atoms with E-state index in [1.807, 2.05) is 74.7 Å². The van der Waals surface area contributed by atoms with E-state index in [-0.39, 0.29) is 6.10 Å². The number of ether oxygens (including phenoxy) is 1. The SMILES string of the molecule is CC(C)Oc1ccccc1C=[NH+]NC(=S)Nc1ccccc1. The predicted molar refractivity (Wildman–Crippen MR) is 94.1 cm³/mol. The molecule has 0 fully saturated rings. The molecule has 0 aromatic heterocycles. The Morgan fingerprint density at radius 2 is 1.77 bits per heavy atom. The van der Waals surface area contributed by atoms with Crippen molar-refractivity contribution >= 4 is 29.2 Å². The highest BCUT2D eigenvalue weighted by Crippen LogP contribution is 2.16. The van der Waals surface area contributed by atoms with Gasteiger partial charge in [0.05, 0.1) is 11.7 Å². The van der Waals surface area contributed by atoms with Gasteiger partial charge >= 0.3 is 0 Å². The van der Waals surface area contributed by atoms with Gasteiger partial charge in [-0.2, -0.15) is 0 Å². The number of hydrogen-bond acceptors (Lipinski definition) is 2. The lowest BCUT2D eigenvalue weighted by molar-refractivity contribution is -0.499. The van der Waals surface area contributed by atoms with Crippen LogP contribution in [0.5, 0.6) is 5.75 Å². The standard InChI is InChI=1S/C17H19N3OS/c1-13(2)21-16-11-7-6-8-14(16)12-18-20-17(22)19-15-9-4-3-5-10-15/h3-13H,1-2H3,(H2,19,20,22)/p+1. The van der Waals surface area contributed by atoms with Gasteiger partial charge < -0.3 is 10.1 Å². The lowest BCUT2D eigenvalue weighted by atomic mass is 10.2.